The third-order valence-corrected chi connectivity index (χ3v) is 5.07. The molecule has 4 rings (SSSR count). The van der Waals surface area contributed by atoms with Gasteiger partial charge in [0.05, 0.1) is 6.61 Å². The van der Waals surface area contributed by atoms with Gasteiger partial charge in [0, 0.05) is 5.56 Å². The second kappa shape index (κ2) is 6.93. The van der Waals surface area contributed by atoms with Crippen molar-refractivity contribution in [3.05, 3.63) is 88.2 Å². The van der Waals surface area contributed by atoms with Crippen LogP contribution >= 0.6 is 0 Å². The maximum atomic E-state index is 13.7. The van der Waals surface area contributed by atoms with E-state index in [1.807, 2.05) is 18.2 Å². The number of rotatable bonds is 5. The summed E-state index contributed by atoms with van der Waals surface area (Å²) in [5.41, 5.74) is 7.22. The van der Waals surface area contributed by atoms with Crippen LogP contribution in [-0.2, 0) is 26.1 Å². The van der Waals surface area contributed by atoms with Gasteiger partial charge in [-0.3, -0.25) is 0 Å². The highest BCUT2D eigenvalue weighted by atomic mass is 19.1. The van der Waals surface area contributed by atoms with Crippen LogP contribution in [0.1, 0.15) is 27.8 Å². The first-order valence-electron chi connectivity index (χ1n) is 8.89. The van der Waals surface area contributed by atoms with Gasteiger partial charge < -0.3 is 9.84 Å². The van der Waals surface area contributed by atoms with E-state index in [1.165, 1.54) is 17.2 Å². The van der Waals surface area contributed by atoms with Crippen LogP contribution in [0.3, 0.4) is 0 Å². The summed E-state index contributed by atoms with van der Waals surface area (Å²) in [7, 11) is 0. The number of hydrogen-bond donors (Lipinski definition) is 1. The zero-order valence-corrected chi connectivity index (χ0v) is 14.8. The lowest BCUT2D eigenvalue weighted by Crippen LogP contribution is -2.14. The Hall–Kier alpha value is -2.65. The van der Waals surface area contributed by atoms with Gasteiger partial charge in [-0.15, -0.1) is 0 Å². The maximum Gasteiger partial charge on any atom is 0.128 e. The van der Waals surface area contributed by atoms with Crippen molar-refractivity contribution in [3.63, 3.8) is 0 Å². The Bertz CT molecular complexity index is 948. The van der Waals surface area contributed by atoms with E-state index < -0.39 is 0 Å². The van der Waals surface area contributed by atoms with Crippen molar-refractivity contribution >= 4 is 0 Å². The van der Waals surface area contributed by atoms with Crippen LogP contribution in [-0.4, -0.2) is 5.11 Å². The Morgan fingerprint density at radius 2 is 1.77 bits per heavy atom. The molecule has 1 N–H and O–H groups in total. The van der Waals surface area contributed by atoms with Crippen molar-refractivity contribution in [2.75, 3.05) is 0 Å². The van der Waals surface area contributed by atoms with E-state index in [1.54, 1.807) is 12.1 Å². The predicted molar refractivity (Wildman–Crippen MR) is 101 cm³/mol. The van der Waals surface area contributed by atoms with E-state index >= 15 is 0 Å². The topological polar surface area (TPSA) is 29.5 Å². The fraction of sp³-hybridized carbons (Fsp3) is 0.217. The van der Waals surface area contributed by atoms with Gasteiger partial charge in [-0.05, 0) is 71.3 Å². The zero-order chi connectivity index (χ0) is 18.1. The van der Waals surface area contributed by atoms with Gasteiger partial charge in [-0.1, -0.05) is 36.4 Å². The van der Waals surface area contributed by atoms with E-state index in [9.17, 15) is 9.50 Å². The number of aryl methyl sites for hydroxylation is 1. The Kier molecular flexibility index (Phi) is 4.48. The first-order valence-corrected chi connectivity index (χ1v) is 8.89. The van der Waals surface area contributed by atoms with Crippen molar-refractivity contribution in [2.24, 2.45) is 0 Å². The molecule has 1 aliphatic rings. The van der Waals surface area contributed by atoms with Crippen LogP contribution in [0.25, 0.3) is 11.1 Å². The van der Waals surface area contributed by atoms with Crippen molar-refractivity contribution < 1.29 is 14.2 Å². The normalized spacial score (nSPS) is 12.4. The fourth-order valence-corrected chi connectivity index (χ4v) is 3.63. The molecule has 0 spiro atoms. The molecule has 0 aromatic heterocycles. The molecule has 132 valence electrons. The summed E-state index contributed by atoms with van der Waals surface area (Å²) in [5, 5.41) is 9.36. The number of fused-ring (bicyclic) bond motifs is 1. The van der Waals surface area contributed by atoms with Gasteiger partial charge in [0.2, 0.25) is 0 Å². The third kappa shape index (κ3) is 2.99. The average Bonchev–Trinajstić information content (AvgIpc) is 2.63. The van der Waals surface area contributed by atoms with Crippen molar-refractivity contribution in [2.45, 2.75) is 33.0 Å². The fourth-order valence-electron chi connectivity index (χ4n) is 3.63. The molecule has 0 radical (unpaired) electrons. The van der Waals surface area contributed by atoms with Crippen molar-refractivity contribution in [1.82, 2.24) is 0 Å². The lowest BCUT2D eigenvalue weighted by Gasteiger charge is -2.28. The van der Waals surface area contributed by atoms with Gasteiger partial charge in [-0.2, -0.15) is 0 Å². The maximum absolute atomic E-state index is 13.7. The summed E-state index contributed by atoms with van der Waals surface area (Å²) in [6, 6.07) is 17.2. The minimum Gasteiger partial charge on any atom is -0.489 e. The molecule has 1 aliphatic carbocycles. The molecular formula is C23H21FO2. The first kappa shape index (κ1) is 16.8. The van der Waals surface area contributed by atoms with E-state index in [0.717, 1.165) is 40.8 Å². The minimum atomic E-state index is -0.365. The van der Waals surface area contributed by atoms with E-state index in [2.05, 4.69) is 25.1 Å². The quantitative estimate of drug-likeness (QED) is 0.705. The van der Waals surface area contributed by atoms with Gasteiger partial charge in [0.15, 0.2) is 0 Å². The van der Waals surface area contributed by atoms with Crippen molar-refractivity contribution in [3.8, 4) is 16.9 Å². The summed E-state index contributed by atoms with van der Waals surface area (Å²) in [6.45, 7) is 2.32. The number of ether oxygens (including phenoxy) is 1. The largest absolute Gasteiger partial charge is 0.489 e. The van der Waals surface area contributed by atoms with E-state index in [4.69, 9.17) is 4.74 Å². The highest BCUT2D eigenvalue weighted by molar-refractivity contribution is 5.76. The highest BCUT2D eigenvalue weighted by Gasteiger charge is 2.25. The lowest BCUT2D eigenvalue weighted by atomic mass is 9.79. The summed E-state index contributed by atoms with van der Waals surface area (Å²) in [6.07, 6.45) is 2.00. The van der Waals surface area contributed by atoms with Crippen LogP contribution in [0.5, 0.6) is 5.75 Å². The Labute approximate surface area is 152 Å². The number of halogens is 1. The number of aliphatic hydroxyl groups is 1. The van der Waals surface area contributed by atoms with Crippen LogP contribution in [0.4, 0.5) is 4.39 Å². The number of aliphatic hydroxyl groups excluding tert-OH is 1. The summed E-state index contributed by atoms with van der Waals surface area (Å²) >= 11 is 0. The third-order valence-electron chi connectivity index (χ3n) is 5.07. The molecule has 2 nitrogen and oxygen atoms in total. The zero-order valence-electron chi connectivity index (χ0n) is 14.8. The summed E-state index contributed by atoms with van der Waals surface area (Å²) in [4.78, 5) is 0. The predicted octanol–water partition coefficient (Wildman–Crippen LogP) is 4.97. The molecule has 0 heterocycles. The molecule has 3 aromatic rings. The van der Waals surface area contributed by atoms with Gasteiger partial charge in [0.25, 0.3) is 0 Å². The summed E-state index contributed by atoms with van der Waals surface area (Å²) < 4.78 is 19.8. The number of hydrogen-bond acceptors (Lipinski definition) is 2. The Morgan fingerprint density at radius 3 is 2.46 bits per heavy atom. The molecule has 0 saturated carbocycles. The Balaban J connectivity index is 1.68. The molecule has 0 bridgehead atoms. The lowest BCUT2D eigenvalue weighted by molar-refractivity contribution is 0.276. The molecule has 26 heavy (non-hydrogen) atoms. The Morgan fingerprint density at radius 1 is 1.00 bits per heavy atom. The van der Waals surface area contributed by atoms with E-state index in [0.29, 0.717) is 12.2 Å². The molecule has 0 aliphatic heterocycles. The average molecular weight is 348 g/mol. The second-order valence-electron chi connectivity index (χ2n) is 6.76. The first-order chi connectivity index (χ1) is 12.7. The number of benzene rings is 3. The highest BCUT2D eigenvalue weighted by Crippen LogP contribution is 2.42. The van der Waals surface area contributed by atoms with Crippen LogP contribution in [0, 0.1) is 12.7 Å². The molecular weight excluding hydrogens is 327 g/mol. The molecule has 3 heteroatoms. The molecule has 0 amide bonds. The smallest absolute Gasteiger partial charge is 0.128 e. The molecule has 0 saturated heterocycles. The standard InChI is InChI=1S/C23H21FO2/c1-15-11-22(26-14-16-5-3-2-4-6-16)19-8-9-20(19)23(15)17-7-10-21(24)18(12-17)13-25/h2-7,10-12,25H,8-9,13-14H2,1H3. The van der Waals surface area contributed by atoms with Gasteiger partial charge in [-0.25, -0.2) is 4.39 Å². The van der Waals surface area contributed by atoms with Crippen LogP contribution < -0.4 is 4.74 Å². The molecule has 3 aromatic carbocycles. The molecule has 0 atom stereocenters. The molecule has 0 unspecified atom stereocenters. The summed E-state index contributed by atoms with van der Waals surface area (Å²) in [5.74, 6) is 0.580. The van der Waals surface area contributed by atoms with Crippen molar-refractivity contribution in [1.29, 1.82) is 0 Å². The minimum absolute atomic E-state index is 0.292. The monoisotopic (exact) mass is 348 g/mol. The molecule has 0 fully saturated rings. The second-order valence-corrected chi connectivity index (χ2v) is 6.76. The van der Waals surface area contributed by atoms with Crippen LogP contribution in [0.2, 0.25) is 0 Å². The van der Waals surface area contributed by atoms with E-state index in [-0.39, 0.29) is 12.4 Å². The van der Waals surface area contributed by atoms with Crippen LogP contribution in [0.15, 0.2) is 54.6 Å². The van der Waals surface area contributed by atoms with Gasteiger partial charge in [0.1, 0.15) is 18.2 Å². The van der Waals surface area contributed by atoms with Gasteiger partial charge >= 0.3 is 0 Å². The SMILES string of the molecule is Cc1cc(OCc2ccccc2)c2c(c1-c1ccc(F)c(CO)c1)CC2.